The minimum atomic E-state index is 0.604. The van der Waals surface area contributed by atoms with Crippen LogP contribution in [-0.2, 0) is 18.7 Å². The summed E-state index contributed by atoms with van der Waals surface area (Å²) in [5.74, 6) is 0.907. The maximum Gasteiger partial charge on any atom is 0.103 e. The number of benzene rings is 1. The van der Waals surface area contributed by atoms with Gasteiger partial charge in [0.05, 0.1) is 11.4 Å². The van der Waals surface area contributed by atoms with Gasteiger partial charge in [-0.2, -0.15) is 0 Å². The standard InChI is InChI=1S/C14H17BrN2S2/c1-2-5-11-13(8-16)19-14(17-11)9-18-12-7-4-3-6-10(12)15/h3-4,6-7H,2,5,8-9,16H2,1H3. The summed E-state index contributed by atoms with van der Waals surface area (Å²) in [6, 6.07) is 8.28. The first-order valence-electron chi connectivity index (χ1n) is 6.29. The third kappa shape index (κ3) is 4.05. The van der Waals surface area contributed by atoms with E-state index in [-0.39, 0.29) is 0 Å². The van der Waals surface area contributed by atoms with Crippen molar-refractivity contribution in [2.24, 2.45) is 5.73 Å². The number of nitrogens with zero attached hydrogens (tertiary/aromatic N) is 1. The number of aromatic nitrogens is 1. The molecule has 1 aromatic heterocycles. The summed E-state index contributed by atoms with van der Waals surface area (Å²) in [6.45, 7) is 2.78. The molecule has 0 aliphatic heterocycles. The van der Waals surface area contributed by atoms with E-state index >= 15 is 0 Å². The van der Waals surface area contributed by atoms with Crippen molar-refractivity contribution in [3.05, 3.63) is 44.3 Å². The second-order valence-electron chi connectivity index (χ2n) is 4.15. The number of rotatable bonds is 6. The van der Waals surface area contributed by atoms with Gasteiger partial charge in [-0.15, -0.1) is 23.1 Å². The molecule has 0 saturated carbocycles. The van der Waals surface area contributed by atoms with E-state index in [1.165, 1.54) is 20.5 Å². The van der Waals surface area contributed by atoms with E-state index in [1.807, 2.05) is 17.8 Å². The van der Waals surface area contributed by atoms with Gasteiger partial charge >= 0.3 is 0 Å². The molecule has 2 N–H and O–H groups in total. The fraction of sp³-hybridized carbons (Fsp3) is 0.357. The molecule has 0 radical (unpaired) electrons. The maximum absolute atomic E-state index is 5.78. The highest BCUT2D eigenvalue weighted by atomic mass is 79.9. The Labute approximate surface area is 131 Å². The van der Waals surface area contributed by atoms with Gasteiger partial charge in [-0.05, 0) is 34.5 Å². The highest BCUT2D eigenvalue weighted by Gasteiger charge is 2.10. The Balaban J connectivity index is 2.05. The number of hydrogen-bond acceptors (Lipinski definition) is 4. The zero-order valence-electron chi connectivity index (χ0n) is 10.9. The Morgan fingerprint density at radius 3 is 2.84 bits per heavy atom. The lowest BCUT2D eigenvalue weighted by Crippen LogP contribution is -1.97. The van der Waals surface area contributed by atoms with Gasteiger partial charge in [0.1, 0.15) is 5.01 Å². The third-order valence-electron chi connectivity index (χ3n) is 2.68. The van der Waals surface area contributed by atoms with E-state index in [4.69, 9.17) is 10.7 Å². The predicted octanol–water partition coefficient (Wildman–Crippen LogP) is 4.61. The van der Waals surface area contributed by atoms with E-state index in [0.717, 1.165) is 23.1 Å². The van der Waals surface area contributed by atoms with E-state index in [9.17, 15) is 0 Å². The van der Waals surface area contributed by atoms with Gasteiger partial charge < -0.3 is 5.73 Å². The summed E-state index contributed by atoms with van der Waals surface area (Å²) in [7, 11) is 0. The Morgan fingerprint density at radius 2 is 2.16 bits per heavy atom. The summed E-state index contributed by atoms with van der Waals surface area (Å²) in [5, 5.41) is 1.17. The van der Waals surface area contributed by atoms with Crippen molar-refractivity contribution in [1.82, 2.24) is 4.98 Å². The lowest BCUT2D eigenvalue weighted by Gasteiger charge is -2.01. The van der Waals surface area contributed by atoms with Crippen molar-refractivity contribution in [2.45, 2.75) is 37.0 Å². The van der Waals surface area contributed by atoms with Crippen LogP contribution in [0, 0.1) is 0 Å². The third-order valence-corrected chi connectivity index (χ3v) is 6.02. The fourth-order valence-electron chi connectivity index (χ4n) is 1.79. The summed E-state index contributed by atoms with van der Waals surface area (Å²) >= 11 is 7.13. The van der Waals surface area contributed by atoms with Crippen molar-refractivity contribution < 1.29 is 0 Å². The lowest BCUT2D eigenvalue weighted by atomic mass is 10.2. The normalized spacial score (nSPS) is 10.9. The second-order valence-corrected chi connectivity index (χ2v) is 7.19. The molecule has 0 bridgehead atoms. The fourth-order valence-corrected chi connectivity index (χ4v) is 4.35. The number of nitrogens with two attached hydrogens (primary N) is 1. The molecular weight excluding hydrogens is 340 g/mol. The summed E-state index contributed by atoms with van der Waals surface area (Å²) in [6.07, 6.45) is 2.15. The molecule has 0 aliphatic carbocycles. The minimum Gasteiger partial charge on any atom is -0.326 e. The topological polar surface area (TPSA) is 38.9 Å². The van der Waals surface area contributed by atoms with Crippen molar-refractivity contribution in [3.8, 4) is 0 Å². The number of thioether (sulfide) groups is 1. The van der Waals surface area contributed by atoms with Crippen LogP contribution in [0.1, 0.15) is 28.9 Å². The maximum atomic E-state index is 5.78. The Morgan fingerprint density at radius 1 is 1.37 bits per heavy atom. The summed E-state index contributed by atoms with van der Waals surface area (Å²) < 4.78 is 1.14. The molecule has 19 heavy (non-hydrogen) atoms. The highest BCUT2D eigenvalue weighted by molar-refractivity contribution is 9.10. The molecular formula is C14H17BrN2S2. The van der Waals surface area contributed by atoms with E-state index in [1.54, 1.807) is 11.3 Å². The largest absolute Gasteiger partial charge is 0.326 e. The van der Waals surface area contributed by atoms with Crippen LogP contribution < -0.4 is 5.73 Å². The first-order valence-corrected chi connectivity index (χ1v) is 8.89. The molecule has 0 aliphatic rings. The predicted molar refractivity (Wildman–Crippen MR) is 87.7 cm³/mol. The van der Waals surface area contributed by atoms with Crippen LogP contribution in [0.3, 0.4) is 0 Å². The van der Waals surface area contributed by atoms with Crippen LogP contribution in [-0.4, -0.2) is 4.98 Å². The van der Waals surface area contributed by atoms with Crippen LogP contribution in [0.15, 0.2) is 33.6 Å². The molecule has 2 aromatic rings. The SMILES string of the molecule is CCCc1nc(CSc2ccccc2Br)sc1CN. The molecule has 0 fully saturated rings. The van der Waals surface area contributed by atoms with Gasteiger partial charge in [-0.1, -0.05) is 25.5 Å². The molecule has 1 heterocycles. The van der Waals surface area contributed by atoms with Gasteiger partial charge in [0.2, 0.25) is 0 Å². The zero-order valence-corrected chi connectivity index (χ0v) is 14.1. The monoisotopic (exact) mass is 356 g/mol. The van der Waals surface area contributed by atoms with Crippen molar-refractivity contribution in [3.63, 3.8) is 0 Å². The van der Waals surface area contributed by atoms with Gasteiger partial charge in [-0.3, -0.25) is 0 Å². The molecule has 2 nitrogen and oxygen atoms in total. The van der Waals surface area contributed by atoms with Crippen molar-refractivity contribution in [2.75, 3.05) is 0 Å². The van der Waals surface area contributed by atoms with Crippen LogP contribution in [0.4, 0.5) is 0 Å². The van der Waals surface area contributed by atoms with E-state index < -0.39 is 0 Å². The average Bonchev–Trinajstić information content (AvgIpc) is 2.81. The first-order chi connectivity index (χ1) is 9.24. The second kappa shape index (κ2) is 7.43. The summed E-state index contributed by atoms with van der Waals surface area (Å²) in [5.41, 5.74) is 6.97. The molecule has 0 saturated heterocycles. The molecule has 2 rings (SSSR count). The molecule has 0 unspecified atom stereocenters. The minimum absolute atomic E-state index is 0.604. The van der Waals surface area contributed by atoms with Gasteiger partial charge in [0.25, 0.3) is 0 Å². The quantitative estimate of drug-likeness (QED) is 0.768. The van der Waals surface area contributed by atoms with Crippen LogP contribution in [0.5, 0.6) is 0 Å². The van der Waals surface area contributed by atoms with Gasteiger partial charge in [-0.25, -0.2) is 4.98 Å². The molecule has 0 atom stereocenters. The number of aryl methyl sites for hydroxylation is 1. The zero-order chi connectivity index (χ0) is 13.7. The molecule has 102 valence electrons. The summed E-state index contributed by atoms with van der Waals surface area (Å²) in [4.78, 5) is 7.21. The van der Waals surface area contributed by atoms with Crippen LogP contribution in [0.2, 0.25) is 0 Å². The molecule has 0 spiro atoms. The Bertz CT molecular complexity index is 540. The first kappa shape index (κ1) is 15.0. The number of hydrogen-bond donors (Lipinski definition) is 1. The molecule has 0 amide bonds. The number of thiazole rings is 1. The highest BCUT2D eigenvalue weighted by Crippen LogP contribution is 2.31. The van der Waals surface area contributed by atoms with E-state index in [0.29, 0.717) is 6.54 Å². The lowest BCUT2D eigenvalue weighted by molar-refractivity contribution is 0.866. The van der Waals surface area contributed by atoms with Gasteiger partial charge in [0, 0.05) is 20.8 Å². The van der Waals surface area contributed by atoms with Gasteiger partial charge in [0.15, 0.2) is 0 Å². The van der Waals surface area contributed by atoms with Crippen LogP contribution >= 0.6 is 39.0 Å². The smallest absolute Gasteiger partial charge is 0.103 e. The van der Waals surface area contributed by atoms with Crippen molar-refractivity contribution in [1.29, 1.82) is 0 Å². The number of halogens is 1. The molecule has 5 heteroatoms. The Kier molecular flexibility index (Phi) is 5.88. The van der Waals surface area contributed by atoms with E-state index in [2.05, 4.69) is 41.1 Å². The van der Waals surface area contributed by atoms with Crippen LogP contribution in [0.25, 0.3) is 0 Å². The van der Waals surface area contributed by atoms with Crippen molar-refractivity contribution >= 4 is 39.0 Å². The Hall–Kier alpha value is -0.360. The average molecular weight is 357 g/mol. The molecule has 1 aromatic carbocycles.